The first-order valence-electron chi connectivity index (χ1n) is 15.8. The van der Waals surface area contributed by atoms with Crippen LogP contribution in [-0.2, 0) is 0 Å². The molecule has 33 heavy (non-hydrogen) atoms. The molecule has 0 aliphatic heterocycles. The molecule has 0 aromatic rings. The molecule has 1 N–H and O–H groups in total. The van der Waals surface area contributed by atoms with Crippen molar-refractivity contribution in [2.45, 2.75) is 187 Å². The molecule has 0 heterocycles. The highest BCUT2D eigenvalue weighted by atomic mass is 16.5. The van der Waals surface area contributed by atoms with Crippen LogP contribution in [0.2, 0.25) is 0 Å². The first-order valence-corrected chi connectivity index (χ1v) is 15.8. The highest BCUT2D eigenvalue weighted by molar-refractivity contribution is 4.51. The molecule has 0 spiro atoms. The molecule has 0 aromatic heterocycles. The van der Waals surface area contributed by atoms with Gasteiger partial charge in [0.05, 0.1) is 13.1 Å². The number of hydroxylamine groups is 2. The molecule has 0 rings (SSSR count). The maximum absolute atomic E-state index is 12.1. The zero-order valence-electron chi connectivity index (χ0n) is 23.4. The summed E-state index contributed by atoms with van der Waals surface area (Å²) in [6, 6.07) is 0. The highest BCUT2D eigenvalue weighted by Gasteiger charge is 2.00. The van der Waals surface area contributed by atoms with E-state index in [9.17, 15) is 5.21 Å². The van der Waals surface area contributed by atoms with Crippen molar-refractivity contribution in [2.24, 2.45) is 0 Å². The van der Waals surface area contributed by atoms with Gasteiger partial charge in [0.15, 0.2) is 0 Å². The van der Waals surface area contributed by atoms with Gasteiger partial charge in [0.25, 0.3) is 0 Å². The Morgan fingerprint density at radius 2 is 0.485 bits per heavy atom. The van der Waals surface area contributed by atoms with E-state index in [1.54, 1.807) is 0 Å². The van der Waals surface area contributed by atoms with Gasteiger partial charge < -0.3 is 10.3 Å². The maximum Gasteiger partial charge on any atom is 0.0768 e. The zero-order valence-corrected chi connectivity index (χ0v) is 23.4. The molecule has 0 bridgehead atoms. The summed E-state index contributed by atoms with van der Waals surface area (Å²) < 4.78 is 0. The summed E-state index contributed by atoms with van der Waals surface area (Å²) in [5.41, 5.74) is 0. The van der Waals surface area contributed by atoms with Gasteiger partial charge in [0.1, 0.15) is 0 Å². The van der Waals surface area contributed by atoms with Crippen LogP contribution in [0.4, 0.5) is 0 Å². The summed E-state index contributed by atoms with van der Waals surface area (Å²) in [6.45, 7) is 6.27. The number of rotatable bonds is 29. The fourth-order valence-electron chi connectivity index (χ4n) is 4.98. The fourth-order valence-corrected chi connectivity index (χ4v) is 4.98. The first kappa shape index (κ1) is 32.9. The van der Waals surface area contributed by atoms with E-state index in [0.29, 0.717) is 5.06 Å². The molecule has 2 nitrogen and oxygen atoms in total. The largest absolute Gasteiger partial charge is 0.634 e. The van der Waals surface area contributed by atoms with E-state index in [4.69, 9.17) is 0 Å². The molecule has 0 saturated carbocycles. The zero-order chi connectivity index (χ0) is 24.1. The van der Waals surface area contributed by atoms with Gasteiger partial charge in [0, 0.05) is 0 Å². The Hall–Kier alpha value is -0.0800. The van der Waals surface area contributed by atoms with Crippen LogP contribution in [0.1, 0.15) is 187 Å². The number of hydrogen-bond acceptors (Lipinski definition) is 1. The molecule has 0 aromatic carbocycles. The average molecular weight is 468 g/mol. The molecule has 0 aliphatic rings. The maximum atomic E-state index is 12.1. The minimum Gasteiger partial charge on any atom is -0.634 e. The molecule has 200 valence electrons. The lowest BCUT2D eigenvalue weighted by atomic mass is 10.0. The van der Waals surface area contributed by atoms with E-state index in [-0.39, 0.29) is 0 Å². The van der Waals surface area contributed by atoms with Crippen molar-refractivity contribution < 1.29 is 5.06 Å². The summed E-state index contributed by atoms with van der Waals surface area (Å²) in [7, 11) is 0. The number of quaternary nitrogens is 1. The van der Waals surface area contributed by atoms with Gasteiger partial charge in [-0.25, -0.2) is 0 Å². The molecular formula is C31H65NO. The van der Waals surface area contributed by atoms with Crippen molar-refractivity contribution in [1.82, 2.24) is 0 Å². The Balaban J connectivity index is 3.13. The van der Waals surface area contributed by atoms with E-state index in [2.05, 4.69) is 13.8 Å². The van der Waals surface area contributed by atoms with Gasteiger partial charge >= 0.3 is 0 Å². The molecule has 0 fully saturated rings. The third-order valence-corrected chi connectivity index (χ3v) is 7.37. The molecule has 1 unspecified atom stereocenters. The molecule has 0 radical (unpaired) electrons. The Morgan fingerprint density at radius 1 is 0.303 bits per heavy atom. The van der Waals surface area contributed by atoms with E-state index in [0.717, 1.165) is 25.9 Å². The monoisotopic (exact) mass is 468 g/mol. The van der Waals surface area contributed by atoms with Gasteiger partial charge in [-0.1, -0.05) is 162 Å². The van der Waals surface area contributed by atoms with Crippen molar-refractivity contribution in [1.29, 1.82) is 0 Å². The summed E-state index contributed by atoms with van der Waals surface area (Å²) >= 11 is 0. The predicted octanol–water partition coefficient (Wildman–Crippen LogP) is 9.94. The van der Waals surface area contributed by atoms with Crippen molar-refractivity contribution in [3.05, 3.63) is 5.21 Å². The molecular weight excluding hydrogens is 402 g/mol. The normalized spacial score (nSPS) is 12.5. The smallest absolute Gasteiger partial charge is 0.0768 e. The molecule has 2 heteroatoms. The lowest BCUT2D eigenvalue weighted by Gasteiger charge is -2.22. The molecule has 1 atom stereocenters. The van der Waals surface area contributed by atoms with Gasteiger partial charge in [0.2, 0.25) is 0 Å². The predicted molar refractivity (Wildman–Crippen MR) is 150 cm³/mol. The van der Waals surface area contributed by atoms with Crippen LogP contribution in [0.3, 0.4) is 0 Å². The Morgan fingerprint density at radius 3 is 0.697 bits per heavy atom. The number of unbranched alkanes of at least 4 members (excludes halogenated alkanes) is 25. The average Bonchev–Trinajstić information content (AvgIpc) is 2.82. The molecule has 0 amide bonds. The van der Waals surface area contributed by atoms with Gasteiger partial charge in [-0.15, -0.1) is 0 Å². The van der Waals surface area contributed by atoms with E-state index in [1.165, 1.54) is 161 Å². The fraction of sp³-hybridized carbons (Fsp3) is 1.00. The second-order valence-electron chi connectivity index (χ2n) is 10.9. The minimum atomic E-state index is 0.525. The Bertz CT molecular complexity index is 333. The van der Waals surface area contributed by atoms with Gasteiger partial charge in [-0.3, -0.25) is 0 Å². The summed E-state index contributed by atoms with van der Waals surface area (Å²) in [4.78, 5) is 0. The number of hydrogen-bond donors (Lipinski definition) is 1. The third-order valence-electron chi connectivity index (χ3n) is 7.37. The molecule has 0 aliphatic carbocycles. The third kappa shape index (κ3) is 29.9. The van der Waals surface area contributed by atoms with Crippen LogP contribution in [0.25, 0.3) is 0 Å². The lowest BCUT2D eigenvalue weighted by molar-refractivity contribution is -0.848. The van der Waals surface area contributed by atoms with Crippen LogP contribution in [0.15, 0.2) is 0 Å². The van der Waals surface area contributed by atoms with Gasteiger partial charge in [-0.2, -0.15) is 0 Å². The summed E-state index contributed by atoms with van der Waals surface area (Å²) in [6.07, 6.45) is 37.3. The van der Waals surface area contributed by atoms with Crippen molar-refractivity contribution in [3.63, 3.8) is 0 Å². The quantitative estimate of drug-likeness (QED) is 0.0859. The minimum absolute atomic E-state index is 0.525. The van der Waals surface area contributed by atoms with E-state index in [1.807, 2.05) is 0 Å². The van der Waals surface area contributed by atoms with Crippen LogP contribution in [0.5, 0.6) is 0 Å². The topological polar surface area (TPSA) is 27.5 Å². The number of nitrogens with one attached hydrogen (secondary N) is 1. The highest BCUT2D eigenvalue weighted by Crippen LogP contribution is 2.13. The first-order chi connectivity index (χ1) is 16.3. The second-order valence-corrected chi connectivity index (χ2v) is 10.9. The Kier molecular flexibility index (Phi) is 29.9. The van der Waals surface area contributed by atoms with E-state index >= 15 is 0 Å². The van der Waals surface area contributed by atoms with Crippen molar-refractivity contribution in [2.75, 3.05) is 13.1 Å². The molecule has 0 saturated heterocycles. The second kappa shape index (κ2) is 30.0. The van der Waals surface area contributed by atoms with Crippen LogP contribution in [0, 0.1) is 5.21 Å². The standard InChI is InChI=1S/C31H65NO/c1-3-5-7-9-11-13-15-17-18-19-21-23-25-27-29-31-32(33)30-28-26-24-22-20-16-14-12-10-8-6-4-2/h32H,3-31H2,1-2H3. The van der Waals surface area contributed by atoms with Crippen LogP contribution in [-0.4, -0.2) is 13.1 Å². The summed E-state index contributed by atoms with van der Waals surface area (Å²) in [5, 5.41) is 12.6. The summed E-state index contributed by atoms with van der Waals surface area (Å²) in [5.74, 6) is 0. The van der Waals surface area contributed by atoms with Crippen LogP contribution < -0.4 is 5.06 Å². The van der Waals surface area contributed by atoms with Crippen molar-refractivity contribution in [3.8, 4) is 0 Å². The van der Waals surface area contributed by atoms with Crippen molar-refractivity contribution >= 4 is 0 Å². The van der Waals surface area contributed by atoms with Crippen LogP contribution >= 0.6 is 0 Å². The van der Waals surface area contributed by atoms with E-state index < -0.39 is 0 Å². The lowest BCUT2D eigenvalue weighted by Crippen LogP contribution is -3.07. The van der Waals surface area contributed by atoms with Gasteiger partial charge in [-0.05, 0) is 25.7 Å². The Labute approximate surface area is 210 Å². The SMILES string of the molecule is CCCCCCCCCCCCCCCCC[NH+]([O-])CCCCCCCCCCCCCC.